The highest BCUT2D eigenvalue weighted by atomic mass is 35.5. The van der Waals surface area contributed by atoms with E-state index in [9.17, 15) is 14.0 Å². The molecule has 2 unspecified atom stereocenters. The summed E-state index contributed by atoms with van der Waals surface area (Å²) >= 11 is 6.31. The van der Waals surface area contributed by atoms with Gasteiger partial charge in [-0.25, -0.2) is 4.39 Å². The van der Waals surface area contributed by atoms with Gasteiger partial charge in [-0.3, -0.25) is 14.5 Å². The molecule has 2 aliphatic heterocycles. The molecule has 0 radical (unpaired) electrons. The van der Waals surface area contributed by atoms with Gasteiger partial charge in [0.2, 0.25) is 11.8 Å². The van der Waals surface area contributed by atoms with Gasteiger partial charge < -0.3 is 20.4 Å². The summed E-state index contributed by atoms with van der Waals surface area (Å²) in [6.07, 6.45) is 3.34. The van der Waals surface area contributed by atoms with Crippen LogP contribution in [0.1, 0.15) is 16.7 Å². The van der Waals surface area contributed by atoms with Crippen molar-refractivity contribution in [2.45, 2.75) is 25.6 Å². The first-order chi connectivity index (χ1) is 17.2. The quantitative estimate of drug-likeness (QED) is 0.557. The first-order valence-corrected chi connectivity index (χ1v) is 12.5. The van der Waals surface area contributed by atoms with Gasteiger partial charge in [0.05, 0.1) is 18.6 Å². The number of nitrogens with zero attached hydrogens (tertiary/aromatic N) is 3. The number of benzene rings is 2. The molecule has 0 saturated carbocycles. The molecule has 192 valence electrons. The molecule has 2 N–H and O–H groups in total. The van der Waals surface area contributed by atoms with Crippen LogP contribution < -0.4 is 10.6 Å². The molecule has 7 nitrogen and oxygen atoms in total. The number of likely N-dealkylation sites (N-methyl/N-ethyl adjacent to an activating group) is 1. The van der Waals surface area contributed by atoms with E-state index in [1.165, 1.54) is 12.1 Å². The Morgan fingerprint density at radius 2 is 1.83 bits per heavy atom. The molecule has 2 amide bonds. The summed E-state index contributed by atoms with van der Waals surface area (Å²) in [5.74, 6) is -0.441. The summed E-state index contributed by atoms with van der Waals surface area (Å²) in [5.41, 5.74) is 3.23. The van der Waals surface area contributed by atoms with Crippen LogP contribution in [0.25, 0.3) is 6.08 Å². The molecule has 0 aliphatic carbocycles. The number of piperazine rings is 2. The van der Waals surface area contributed by atoms with Gasteiger partial charge in [0.15, 0.2) is 0 Å². The number of rotatable bonds is 7. The highest BCUT2D eigenvalue weighted by molar-refractivity contribution is 6.31. The number of carbonyl (C=O) groups is 2. The maximum absolute atomic E-state index is 13.3. The third-order valence-corrected chi connectivity index (χ3v) is 6.94. The standard InChI is InChI=1S/C27H33ClFN5O2/c1-18-10-20(25(11-24(18)28)31-26(35)17-32(2)3)6-9-27(36)34-22-12-30-13-23(34)16-33(15-22)14-19-4-7-21(29)8-5-19/h4-11,22-23,30H,12-17H2,1-3H3,(H,31,35)/b9-6+. The van der Waals surface area contributed by atoms with E-state index in [-0.39, 0.29) is 36.3 Å². The lowest BCUT2D eigenvalue weighted by molar-refractivity contribution is -0.136. The van der Waals surface area contributed by atoms with Crippen molar-refractivity contribution in [3.8, 4) is 0 Å². The molecule has 9 heteroatoms. The Morgan fingerprint density at radius 1 is 1.17 bits per heavy atom. The van der Waals surface area contributed by atoms with Crippen molar-refractivity contribution in [2.24, 2.45) is 0 Å². The molecule has 2 fully saturated rings. The zero-order valence-electron chi connectivity index (χ0n) is 20.9. The lowest BCUT2D eigenvalue weighted by Gasteiger charge is -2.50. The summed E-state index contributed by atoms with van der Waals surface area (Å²) in [7, 11) is 3.65. The lowest BCUT2D eigenvalue weighted by atomic mass is 10.00. The zero-order valence-corrected chi connectivity index (χ0v) is 21.7. The molecule has 0 spiro atoms. The second-order valence-corrected chi connectivity index (χ2v) is 10.2. The summed E-state index contributed by atoms with van der Waals surface area (Å²) in [6, 6.07) is 10.3. The van der Waals surface area contributed by atoms with Gasteiger partial charge in [0, 0.05) is 49.5 Å². The Balaban J connectivity index is 1.47. The molecule has 0 aromatic heterocycles. The highest BCUT2D eigenvalue weighted by Crippen LogP contribution is 2.27. The van der Waals surface area contributed by atoms with Crippen molar-refractivity contribution in [2.75, 3.05) is 52.1 Å². The molecule has 2 atom stereocenters. The Kier molecular flexibility index (Phi) is 8.41. The van der Waals surface area contributed by atoms with E-state index >= 15 is 0 Å². The fourth-order valence-electron chi connectivity index (χ4n) is 4.90. The van der Waals surface area contributed by atoms with E-state index < -0.39 is 0 Å². The van der Waals surface area contributed by atoms with Crippen molar-refractivity contribution in [3.63, 3.8) is 0 Å². The lowest BCUT2D eigenvalue weighted by Crippen LogP contribution is -2.68. The predicted octanol–water partition coefficient (Wildman–Crippen LogP) is 2.99. The number of nitrogens with one attached hydrogen (secondary N) is 2. The molecule has 2 heterocycles. The minimum absolute atomic E-state index is 0.0429. The van der Waals surface area contributed by atoms with Gasteiger partial charge in [0.1, 0.15) is 5.82 Å². The normalized spacial score (nSPS) is 20.2. The van der Waals surface area contributed by atoms with Crippen LogP contribution in [-0.4, -0.2) is 85.4 Å². The number of carbonyl (C=O) groups excluding carboxylic acids is 2. The fourth-order valence-corrected chi connectivity index (χ4v) is 5.06. The van der Waals surface area contributed by atoms with Crippen molar-refractivity contribution >= 4 is 35.2 Å². The average Bonchev–Trinajstić information content (AvgIpc) is 2.80. The average molecular weight is 514 g/mol. The molecule has 2 aliphatic rings. The zero-order chi connectivity index (χ0) is 25.8. The van der Waals surface area contributed by atoms with Crippen LogP contribution in [0.4, 0.5) is 10.1 Å². The Bertz CT molecular complexity index is 1120. The van der Waals surface area contributed by atoms with Crippen LogP contribution in [0.15, 0.2) is 42.5 Å². The minimum Gasteiger partial charge on any atom is -0.328 e. The molecule has 2 bridgehead atoms. The first-order valence-electron chi connectivity index (χ1n) is 12.1. The first kappa shape index (κ1) is 26.3. The number of hydrogen-bond acceptors (Lipinski definition) is 5. The van der Waals surface area contributed by atoms with Crippen molar-refractivity contribution < 1.29 is 14.0 Å². The van der Waals surface area contributed by atoms with Gasteiger partial charge in [0.25, 0.3) is 0 Å². The van der Waals surface area contributed by atoms with Gasteiger partial charge in [-0.2, -0.15) is 0 Å². The molecule has 2 aromatic rings. The molecule has 2 saturated heterocycles. The van der Waals surface area contributed by atoms with Crippen LogP contribution in [0, 0.1) is 12.7 Å². The van der Waals surface area contributed by atoms with Crippen LogP contribution >= 0.6 is 11.6 Å². The number of aryl methyl sites for hydroxylation is 1. The maximum Gasteiger partial charge on any atom is 0.247 e. The number of amides is 2. The SMILES string of the molecule is Cc1cc(/C=C/C(=O)N2C3CNCC2CN(Cc2ccc(F)cc2)C3)c(NC(=O)CN(C)C)cc1Cl. The largest absolute Gasteiger partial charge is 0.328 e. The van der Waals surface area contributed by atoms with Gasteiger partial charge >= 0.3 is 0 Å². The minimum atomic E-state index is -0.238. The second kappa shape index (κ2) is 11.5. The van der Waals surface area contributed by atoms with Crippen molar-refractivity contribution in [3.05, 3.63) is 70.0 Å². The monoisotopic (exact) mass is 513 g/mol. The van der Waals surface area contributed by atoms with E-state index in [1.54, 1.807) is 23.1 Å². The van der Waals surface area contributed by atoms with Crippen LogP contribution in [0.3, 0.4) is 0 Å². The second-order valence-electron chi connectivity index (χ2n) is 9.84. The summed E-state index contributed by atoms with van der Waals surface area (Å²) in [5, 5.41) is 6.89. The van der Waals surface area contributed by atoms with Gasteiger partial charge in [-0.15, -0.1) is 0 Å². The molecular formula is C27H33ClFN5O2. The topological polar surface area (TPSA) is 67.9 Å². The smallest absolute Gasteiger partial charge is 0.247 e. The van der Waals surface area contributed by atoms with Gasteiger partial charge in [-0.1, -0.05) is 23.7 Å². The van der Waals surface area contributed by atoms with Crippen LogP contribution in [0.5, 0.6) is 0 Å². The van der Waals surface area contributed by atoms with Crippen molar-refractivity contribution in [1.82, 2.24) is 20.0 Å². The summed E-state index contributed by atoms with van der Waals surface area (Å²) in [4.78, 5) is 31.8. The molecular weight excluding hydrogens is 481 g/mol. The van der Waals surface area contributed by atoms with Gasteiger partial charge in [-0.05, 0) is 68.1 Å². The van der Waals surface area contributed by atoms with Crippen molar-refractivity contribution in [1.29, 1.82) is 0 Å². The Labute approximate surface area is 216 Å². The van der Waals surface area contributed by atoms with E-state index in [0.717, 1.165) is 49.4 Å². The Morgan fingerprint density at radius 3 is 2.47 bits per heavy atom. The summed E-state index contributed by atoms with van der Waals surface area (Å²) in [6.45, 7) is 5.79. The molecule has 36 heavy (non-hydrogen) atoms. The van der Waals surface area contributed by atoms with E-state index in [4.69, 9.17) is 11.6 Å². The Hall–Kier alpha value is -2.78. The van der Waals surface area contributed by atoms with E-state index in [0.29, 0.717) is 10.7 Å². The fraction of sp³-hybridized carbons (Fsp3) is 0.407. The maximum atomic E-state index is 13.3. The highest BCUT2D eigenvalue weighted by Gasteiger charge is 2.39. The van der Waals surface area contributed by atoms with E-state index in [2.05, 4.69) is 15.5 Å². The third-order valence-electron chi connectivity index (χ3n) is 6.53. The molecule has 2 aromatic carbocycles. The van der Waals surface area contributed by atoms with Crippen LogP contribution in [-0.2, 0) is 16.1 Å². The number of halogens is 2. The molecule has 4 rings (SSSR count). The number of fused-ring (bicyclic) bond motifs is 2. The third kappa shape index (κ3) is 6.50. The van der Waals surface area contributed by atoms with Crippen LogP contribution in [0.2, 0.25) is 5.02 Å². The predicted molar refractivity (Wildman–Crippen MR) is 141 cm³/mol. The van der Waals surface area contributed by atoms with E-state index in [1.807, 2.05) is 44.1 Å². The number of hydrogen-bond donors (Lipinski definition) is 2. The number of anilines is 1. The summed E-state index contributed by atoms with van der Waals surface area (Å²) < 4.78 is 13.3.